The van der Waals surface area contributed by atoms with Gasteiger partial charge in [0.2, 0.25) is 5.13 Å². The molecule has 5 nitrogen and oxygen atoms in total. The van der Waals surface area contributed by atoms with Gasteiger partial charge in [-0.2, -0.15) is 23.0 Å². The molecule has 0 aliphatic heterocycles. The molecule has 4 rings (SSSR count). The summed E-state index contributed by atoms with van der Waals surface area (Å²) in [5, 5.41) is 5.13. The number of thioether (sulfide) groups is 1. The van der Waals surface area contributed by atoms with Gasteiger partial charge in [0.15, 0.2) is 5.69 Å². The van der Waals surface area contributed by atoms with E-state index in [4.69, 9.17) is 9.72 Å². The van der Waals surface area contributed by atoms with Crippen LogP contribution in [0.2, 0.25) is 0 Å². The molecule has 3 aromatic rings. The molecular weight excluding hydrogens is 514 g/mol. The van der Waals surface area contributed by atoms with Crippen LogP contribution in [0.1, 0.15) is 55.0 Å². The fourth-order valence-corrected chi connectivity index (χ4v) is 6.67. The third kappa shape index (κ3) is 5.36. The number of nitrogens with zero attached hydrogens (tertiary/aromatic N) is 3. The molecule has 0 fully saturated rings. The van der Waals surface area contributed by atoms with Gasteiger partial charge in [-0.05, 0) is 49.5 Å². The molecule has 36 heavy (non-hydrogen) atoms. The van der Waals surface area contributed by atoms with Crippen molar-refractivity contribution in [3.05, 3.63) is 53.2 Å². The minimum Gasteiger partial charge on any atom is -0.464 e. The monoisotopic (exact) mass is 539 g/mol. The first-order valence-electron chi connectivity index (χ1n) is 11.4. The Morgan fingerprint density at radius 3 is 2.64 bits per heavy atom. The Kier molecular flexibility index (Phi) is 7.61. The van der Waals surface area contributed by atoms with Crippen LogP contribution in [-0.4, -0.2) is 39.3 Å². The van der Waals surface area contributed by atoms with Gasteiger partial charge in [-0.15, -0.1) is 11.8 Å². The molecule has 1 unspecified atom stereocenters. The average Bonchev–Trinajstić information content (AvgIpc) is 3.38. The summed E-state index contributed by atoms with van der Waals surface area (Å²) in [6, 6.07) is 5.86. The maximum Gasteiger partial charge on any atom is 0.392 e. The van der Waals surface area contributed by atoms with E-state index in [2.05, 4.69) is 5.10 Å². The molecule has 2 heterocycles. The number of ether oxygens (including phenoxy) is 1. The fraction of sp³-hybridized carbons (Fsp3) is 0.400. The third-order valence-electron chi connectivity index (χ3n) is 5.84. The Labute approximate surface area is 214 Å². The van der Waals surface area contributed by atoms with Crippen LogP contribution in [0.15, 0.2) is 34.6 Å². The molecule has 0 bridgehead atoms. The van der Waals surface area contributed by atoms with E-state index in [0.29, 0.717) is 27.6 Å². The number of alkyl halides is 3. The summed E-state index contributed by atoms with van der Waals surface area (Å²) in [6.45, 7) is 5.74. The van der Waals surface area contributed by atoms with Gasteiger partial charge in [0.1, 0.15) is 5.82 Å². The molecule has 0 amide bonds. The van der Waals surface area contributed by atoms with Crippen LogP contribution in [-0.2, 0) is 4.74 Å². The van der Waals surface area contributed by atoms with Crippen molar-refractivity contribution in [2.45, 2.75) is 55.7 Å². The lowest BCUT2D eigenvalue weighted by Crippen LogP contribution is -2.24. The fourth-order valence-electron chi connectivity index (χ4n) is 4.17. The Morgan fingerprint density at radius 2 is 2.06 bits per heavy atom. The molecule has 1 aromatic carbocycles. The lowest BCUT2D eigenvalue weighted by molar-refractivity contribution is -0.175. The Balaban J connectivity index is 1.83. The zero-order valence-corrected chi connectivity index (χ0v) is 21.8. The van der Waals surface area contributed by atoms with Crippen molar-refractivity contribution < 1.29 is 27.1 Å². The molecule has 0 radical (unpaired) electrons. The van der Waals surface area contributed by atoms with E-state index in [0.717, 1.165) is 9.78 Å². The number of methoxy groups -OCH3 is 1. The number of carbonyl (C=O) groups excluding carboxylic acids is 1. The maximum atomic E-state index is 14.0. The Hall–Kier alpha value is -2.66. The van der Waals surface area contributed by atoms with E-state index in [-0.39, 0.29) is 30.2 Å². The van der Waals surface area contributed by atoms with Crippen molar-refractivity contribution in [3.63, 3.8) is 0 Å². The first-order valence-corrected chi connectivity index (χ1v) is 13.1. The highest BCUT2D eigenvalue weighted by atomic mass is 32.2. The highest BCUT2D eigenvalue weighted by Gasteiger charge is 2.40. The van der Waals surface area contributed by atoms with Crippen LogP contribution in [0.25, 0.3) is 21.8 Å². The number of aryl methyl sites for hydroxylation is 1. The lowest BCUT2D eigenvalue weighted by atomic mass is 9.88. The van der Waals surface area contributed by atoms with Gasteiger partial charge in [-0.1, -0.05) is 43.4 Å². The van der Waals surface area contributed by atoms with Crippen LogP contribution >= 0.6 is 23.1 Å². The van der Waals surface area contributed by atoms with Crippen LogP contribution in [0, 0.1) is 18.7 Å². The number of hydrogen-bond acceptors (Lipinski definition) is 6. The normalized spacial score (nSPS) is 16.4. The number of halogens is 4. The summed E-state index contributed by atoms with van der Waals surface area (Å²) < 4.78 is 60.8. The summed E-state index contributed by atoms with van der Waals surface area (Å²) in [5.41, 5.74) is 2.88. The van der Waals surface area contributed by atoms with Gasteiger partial charge in [0, 0.05) is 10.8 Å². The third-order valence-corrected chi connectivity index (χ3v) is 8.08. The van der Waals surface area contributed by atoms with E-state index in [1.165, 1.54) is 35.3 Å². The van der Waals surface area contributed by atoms with Crippen molar-refractivity contribution in [1.82, 2.24) is 14.8 Å². The van der Waals surface area contributed by atoms with Gasteiger partial charge < -0.3 is 4.74 Å². The second-order valence-corrected chi connectivity index (χ2v) is 11.6. The smallest absolute Gasteiger partial charge is 0.392 e. The van der Waals surface area contributed by atoms with Crippen LogP contribution < -0.4 is 0 Å². The number of benzene rings is 1. The van der Waals surface area contributed by atoms with Crippen molar-refractivity contribution in [3.8, 4) is 16.3 Å². The lowest BCUT2D eigenvalue weighted by Gasteiger charge is -2.23. The molecule has 1 aliphatic carbocycles. The van der Waals surface area contributed by atoms with Crippen molar-refractivity contribution in [2.75, 3.05) is 7.11 Å². The van der Waals surface area contributed by atoms with Crippen LogP contribution in [0.3, 0.4) is 0 Å². The topological polar surface area (TPSA) is 57.0 Å². The molecular formula is C25H25F4N3O2S2. The standard InChI is InChI=1S/C25H25F4N3O2S2/c1-13(2)35-23-20(15-8-10-17(11-9-15)25(27,28)29)30-24(36-23)32-21(22(33)34-4)19(14(3)31-32)16-6-5-7-18(26)12-16/h5-8,12-13,17H,9-11H2,1-4H3. The Morgan fingerprint density at radius 1 is 1.31 bits per heavy atom. The molecule has 2 aromatic heterocycles. The van der Waals surface area contributed by atoms with Crippen LogP contribution in [0.4, 0.5) is 17.6 Å². The van der Waals surface area contributed by atoms with Gasteiger partial charge in [0.25, 0.3) is 0 Å². The molecule has 1 aliphatic rings. The number of aromatic nitrogens is 3. The molecule has 0 saturated carbocycles. The first-order chi connectivity index (χ1) is 17.0. The SMILES string of the molecule is COC(=O)c1c(-c2cccc(F)c2)c(C)nn1-c1nc(C2=CCC(C(F)(F)F)CC2)c(SC(C)C)s1. The predicted molar refractivity (Wildman–Crippen MR) is 133 cm³/mol. The molecule has 192 valence electrons. The molecule has 11 heteroatoms. The van der Waals surface area contributed by atoms with Gasteiger partial charge in [-0.3, -0.25) is 0 Å². The highest BCUT2D eigenvalue weighted by molar-refractivity contribution is 8.01. The molecule has 0 spiro atoms. The number of hydrogen-bond donors (Lipinski definition) is 0. The Bertz CT molecular complexity index is 1310. The minimum absolute atomic E-state index is 0.00594. The van der Waals surface area contributed by atoms with E-state index in [1.54, 1.807) is 36.9 Å². The zero-order chi connectivity index (χ0) is 26.2. The largest absolute Gasteiger partial charge is 0.464 e. The first kappa shape index (κ1) is 26.4. The quantitative estimate of drug-likeness (QED) is 0.185. The van der Waals surface area contributed by atoms with Crippen molar-refractivity contribution >= 4 is 34.6 Å². The van der Waals surface area contributed by atoms with E-state index < -0.39 is 23.9 Å². The minimum atomic E-state index is -4.22. The van der Waals surface area contributed by atoms with E-state index in [1.807, 2.05) is 13.8 Å². The van der Waals surface area contributed by atoms with Crippen molar-refractivity contribution in [2.24, 2.45) is 5.92 Å². The summed E-state index contributed by atoms with van der Waals surface area (Å²) in [4.78, 5) is 17.6. The van der Waals surface area contributed by atoms with Crippen molar-refractivity contribution in [1.29, 1.82) is 0 Å². The number of carbonyl (C=O) groups is 1. The number of rotatable bonds is 6. The summed E-state index contributed by atoms with van der Waals surface area (Å²) in [5.74, 6) is -2.47. The van der Waals surface area contributed by atoms with Crippen LogP contribution in [0.5, 0.6) is 0 Å². The summed E-state index contributed by atoms with van der Waals surface area (Å²) in [7, 11) is 1.25. The second-order valence-electron chi connectivity index (χ2n) is 8.76. The number of thiazole rings is 1. The molecule has 1 atom stereocenters. The van der Waals surface area contributed by atoms with Gasteiger partial charge in [-0.25, -0.2) is 14.2 Å². The molecule has 0 saturated heterocycles. The highest BCUT2D eigenvalue weighted by Crippen LogP contribution is 2.44. The summed E-state index contributed by atoms with van der Waals surface area (Å²) in [6.07, 6.45) is -2.42. The van der Waals surface area contributed by atoms with Gasteiger partial charge >= 0.3 is 12.1 Å². The average molecular weight is 540 g/mol. The maximum absolute atomic E-state index is 14.0. The zero-order valence-electron chi connectivity index (χ0n) is 20.1. The molecule has 0 N–H and O–H groups in total. The van der Waals surface area contributed by atoms with Gasteiger partial charge in [0.05, 0.1) is 28.6 Å². The predicted octanol–water partition coefficient (Wildman–Crippen LogP) is 7.48. The van der Waals surface area contributed by atoms with E-state index in [9.17, 15) is 22.4 Å². The number of allylic oxidation sites excluding steroid dienone is 2. The second kappa shape index (κ2) is 10.4. The summed E-state index contributed by atoms with van der Waals surface area (Å²) >= 11 is 2.87. The number of esters is 1. The van der Waals surface area contributed by atoms with E-state index >= 15 is 0 Å².